The molecule has 0 aliphatic carbocycles. The van der Waals surface area contributed by atoms with Crippen molar-refractivity contribution in [3.63, 3.8) is 0 Å². The normalized spacial score (nSPS) is 19.3. The van der Waals surface area contributed by atoms with E-state index in [1.165, 1.54) is 34.5 Å². The SMILES string of the molecule is Cc1cc(C)cc(CN2CCCn3nc(CN4CCNCC4)cc3C2)c1. The van der Waals surface area contributed by atoms with Gasteiger partial charge in [0.05, 0.1) is 11.4 Å². The van der Waals surface area contributed by atoms with E-state index in [1.807, 2.05) is 0 Å². The predicted molar refractivity (Wildman–Crippen MR) is 105 cm³/mol. The van der Waals surface area contributed by atoms with Gasteiger partial charge >= 0.3 is 0 Å². The average Bonchev–Trinajstić information content (AvgIpc) is 2.86. The maximum Gasteiger partial charge on any atom is 0.0768 e. The zero-order valence-corrected chi connectivity index (χ0v) is 16.2. The molecule has 0 unspecified atom stereocenters. The van der Waals surface area contributed by atoms with Crippen LogP contribution in [0.25, 0.3) is 0 Å². The van der Waals surface area contributed by atoms with Crippen molar-refractivity contribution in [2.24, 2.45) is 0 Å². The molecule has 26 heavy (non-hydrogen) atoms. The van der Waals surface area contributed by atoms with Gasteiger partial charge in [0.25, 0.3) is 0 Å². The molecule has 3 heterocycles. The van der Waals surface area contributed by atoms with Gasteiger partial charge in [-0.1, -0.05) is 29.3 Å². The number of benzene rings is 1. The summed E-state index contributed by atoms with van der Waals surface area (Å²) >= 11 is 0. The molecule has 2 aromatic rings. The van der Waals surface area contributed by atoms with E-state index < -0.39 is 0 Å². The summed E-state index contributed by atoms with van der Waals surface area (Å²) < 4.78 is 2.25. The van der Waals surface area contributed by atoms with Crippen molar-refractivity contribution >= 4 is 0 Å². The third-order valence-electron chi connectivity index (χ3n) is 5.43. The van der Waals surface area contributed by atoms with Gasteiger partial charge in [-0.05, 0) is 31.9 Å². The molecule has 0 spiro atoms. The fourth-order valence-corrected chi connectivity index (χ4v) is 4.32. The summed E-state index contributed by atoms with van der Waals surface area (Å²) in [6.07, 6.45) is 1.17. The molecule has 0 radical (unpaired) electrons. The summed E-state index contributed by atoms with van der Waals surface area (Å²) in [5.41, 5.74) is 6.75. The van der Waals surface area contributed by atoms with Crippen molar-refractivity contribution < 1.29 is 0 Å². The lowest BCUT2D eigenvalue weighted by atomic mass is 10.1. The highest BCUT2D eigenvalue weighted by atomic mass is 15.3. The average molecular weight is 354 g/mol. The van der Waals surface area contributed by atoms with Crippen LogP contribution >= 0.6 is 0 Å². The first-order valence-electron chi connectivity index (χ1n) is 9.94. The van der Waals surface area contributed by atoms with E-state index in [2.05, 4.69) is 57.9 Å². The van der Waals surface area contributed by atoms with Gasteiger partial charge < -0.3 is 5.32 Å². The van der Waals surface area contributed by atoms with Crippen LogP contribution in [0.2, 0.25) is 0 Å². The Morgan fingerprint density at radius 3 is 2.42 bits per heavy atom. The van der Waals surface area contributed by atoms with Crippen LogP contribution in [-0.2, 0) is 26.2 Å². The number of aryl methyl sites for hydroxylation is 3. The van der Waals surface area contributed by atoms with E-state index in [1.54, 1.807) is 0 Å². The standard InChI is InChI=1S/C21H31N5/c1-17-10-18(2)12-19(11-17)14-25-6-3-7-26-21(16-25)13-20(23-26)15-24-8-4-22-5-9-24/h10-13,22H,3-9,14-16H2,1-2H3. The second-order valence-electron chi connectivity index (χ2n) is 7.94. The Labute approximate surface area is 157 Å². The Kier molecular flexibility index (Phi) is 5.38. The molecule has 0 atom stereocenters. The van der Waals surface area contributed by atoms with Crippen LogP contribution in [0.3, 0.4) is 0 Å². The molecule has 0 saturated carbocycles. The molecule has 1 saturated heterocycles. The Balaban J connectivity index is 1.43. The number of aromatic nitrogens is 2. The summed E-state index contributed by atoms with van der Waals surface area (Å²) in [7, 11) is 0. The number of rotatable bonds is 4. The van der Waals surface area contributed by atoms with Crippen LogP contribution in [0.4, 0.5) is 0 Å². The molecule has 4 rings (SSSR count). The summed E-state index contributed by atoms with van der Waals surface area (Å²) in [5.74, 6) is 0. The minimum absolute atomic E-state index is 0.985. The molecule has 140 valence electrons. The summed E-state index contributed by atoms with van der Waals surface area (Å²) in [4.78, 5) is 5.08. The first-order valence-corrected chi connectivity index (χ1v) is 9.94. The molecule has 2 aliphatic rings. The van der Waals surface area contributed by atoms with E-state index in [-0.39, 0.29) is 0 Å². The van der Waals surface area contributed by atoms with E-state index in [0.29, 0.717) is 0 Å². The molecule has 1 fully saturated rings. The third-order valence-corrected chi connectivity index (χ3v) is 5.43. The van der Waals surface area contributed by atoms with Crippen LogP contribution in [0.5, 0.6) is 0 Å². The van der Waals surface area contributed by atoms with Gasteiger partial charge in [0.1, 0.15) is 0 Å². The van der Waals surface area contributed by atoms with Crippen LogP contribution in [0, 0.1) is 13.8 Å². The second kappa shape index (κ2) is 7.91. The van der Waals surface area contributed by atoms with Gasteiger partial charge in [0.15, 0.2) is 0 Å². The zero-order chi connectivity index (χ0) is 17.9. The van der Waals surface area contributed by atoms with Crippen LogP contribution < -0.4 is 5.32 Å². The third kappa shape index (κ3) is 4.34. The summed E-state index contributed by atoms with van der Waals surface area (Å²) in [5, 5.41) is 8.32. The van der Waals surface area contributed by atoms with Gasteiger partial charge in [0.2, 0.25) is 0 Å². The van der Waals surface area contributed by atoms with Gasteiger partial charge in [-0.15, -0.1) is 0 Å². The lowest BCUT2D eigenvalue weighted by molar-refractivity contribution is 0.229. The molecular weight excluding hydrogens is 322 g/mol. The van der Waals surface area contributed by atoms with Crippen molar-refractivity contribution in [3.05, 3.63) is 52.3 Å². The Morgan fingerprint density at radius 1 is 0.885 bits per heavy atom. The Hall–Kier alpha value is -1.69. The number of nitrogens with zero attached hydrogens (tertiary/aromatic N) is 4. The maximum absolute atomic E-state index is 4.90. The minimum atomic E-state index is 0.985. The predicted octanol–water partition coefficient (Wildman–Crippen LogP) is 2.31. The topological polar surface area (TPSA) is 36.3 Å². The minimum Gasteiger partial charge on any atom is -0.314 e. The quantitative estimate of drug-likeness (QED) is 0.915. The summed E-state index contributed by atoms with van der Waals surface area (Å²) in [6, 6.07) is 9.24. The van der Waals surface area contributed by atoms with Crippen molar-refractivity contribution in [1.29, 1.82) is 0 Å². The molecule has 0 bridgehead atoms. The number of piperazine rings is 1. The van der Waals surface area contributed by atoms with Crippen LogP contribution in [-0.4, -0.2) is 52.3 Å². The van der Waals surface area contributed by atoms with Crippen molar-refractivity contribution in [2.75, 3.05) is 32.7 Å². The van der Waals surface area contributed by atoms with Crippen LogP contribution in [0.15, 0.2) is 24.3 Å². The van der Waals surface area contributed by atoms with Crippen LogP contribution in [0.1, 0.15) is 34.5 Å². The molecule has 1 aromatic heterocycles. The zero-order valence-electron chi connectivity index (χ0n) is 16.2. The molecule has 0 amide bonds. The molecule has 2 aliphatic heterocycles. The van der Waals surface area contributed by atoms with Gasteiger partial charge in [0, 0.05) is 58.9 Å². The molecule has 5 heteroatoms. The first kappa shape index (κ1) is 17.7. The number of hydrogen-bond acceptors (Lipinski definition) is 4. The molecule has 1 aromatic carbocycles. The van der Waals surface area contributed by atoms with E-state index >= 15 is 0 Å². The van der Waals surface area contributed by atoms with Crippen molar-refractivity contribution in [1.82, 2.24) is 24.9 Å². The van der Waals surface area contributed by atoms with E-state index in [9.17, 15) is 0 Å². The highest BCUT2D eigenvalue weighted by molar-refractivity contribution is 5.28. The number of nitrogens with one attached hydrogen (secondary N) is 1. The molecule has 5 nitrogen and oxygen atoms in total. The fraction of sp³-hybridized carbons (Fsp3) is 0.571. The smallest absolute Gasteiger partial charge is 0.0768 e. The number of hydrogen-bond donors (Lipinski definition) is 1. The maximum atomic E-state index is 4.90. The highest BCUT2D eigenvalue weighted by Gasteiger charge is 2.19. The Morgan fingerprint density at radius 2 is 1.65 bits per heavy atom. The van der Waals surface area contributed by atoms with Gasteiger partial charge in [-0.2, -0.15) is 5.10 Å². The van der Waals surface area contributed by atoms with Gasteiger partial charge in [-0.3, -0.25) is 14.5 Å². The molecule has 1 N–H and O–H groups in total. The fourth-order valence-electron chi connectivity index (χ4n) is 4.32. The van der Waals surface area contributed by atoms with Gasteiger partial charge in [-0.25, -0.2) is 0 Å². The lowest BCUT2D eigenvalue weighted by Crippen LogP contribution is -2.42. The van der Waals surface area contributed by atoms with Crippen molar-refractivity contribution in [3.8, 4) is 0 Å². The van der Waals surface area contributed by atoms with Crippen molar-refractivity contribution in [2.45, 2.75) is 46.4 Å². The largest absolute Gasteiger partial charge is 0.314 e. The highest BCUT2D eigenvalue weighted by Crippen LogP contribution is 2.18. The first-order chi connectivity index (χ1) is 12.7. The van der Waals surface area contributed by atoms with E-state index in [0.717, 1.165) is 58.9 Å². The monoisotopic (exact) mass is 353 g/mol. The lowest BCUT2D eigenvalue weighted by Gasteiger charge is -2.26. The Bertz CT molecular complexity index is 725. The second-order valence-corrected chi connectivity index (χ2v) is 7.94. The summed E-state index contributed by atoms with van der Waals surface area (Å²) in [6.45, 7) is 14.0. The molecular formula is C21H31N5. The van der Waals surface area contributed by atoms with E-state index in [4.69, 9.17) is 5.10 Å². The number of fused-ring (bicyclic) bond motifs is 1.